The quantitative estimate of drug-likeness (QED) is 0.835. The number of nitrogens with zero attached hydrogens (tertiary/aromatic N) is 1. The van der Waals surface area contributed by atoms with E-state index in [0.717, 1.165) is 43.4 Å². The summed E-state index contributed by atoms with van der Waals surface area (Å²) in [4.78, 5) is 2.48. The monoisotopic (exact) mass is 378 g/mol. The zero-order chi connectivity index (χ0) is 17.6. The molecule has 5 nitrogen and oxygen atoms in total. The fraction of sp³-hybridized carbons (Fsp3) is 0.400. The number of para-hydroxylation sites is 1. The van der Waals surface area contributed by atoms with E-state index in [0.29, 0.717) is 0 Å². The first-order chi connectivity index (χ1) is 12.3. The van der Waals surface area contributed by atoms with E-state index in [-0.39, 0.29) is 18.4 Å². The molecule has 1 saturated heterocycles. The molecule has 1 unspecified atom stereocenters. The van der Waals surface area contributed by atoms with Gasteiger partial charge in [0, 0.05) is 31.7 Å². The number of hydrogen-bond donors (Lipinski definition) is 1. The van der Waals surface area contributed by atoms with Crippen molar-refractivity contribution in [3.8, 4) is 17.2 Å². The highest BCUT2D eigenvalue weighted by molar-refractivity contribution is 5.85. The molecule has 3 rings (SSSR count). The van der Waals surface area contributed by atoms with Gasteiger partial charge >= 0.3 is 0 Å². The molecule has 0 aliphatic carbocycles. The summed E-state index contributed by atoms with van der Waals surface area (Å²) in [5.74, 6) is 2.46. The van der Waals surface area contributed by atoms with Crippen LogP contribution in [0.3, 0.4) is 0 Å². The van der Waals surface area contributed by atoms with Crippen molar-refractivity contribution < 1.29 is 14.2 Å². The summed E-state index contributed by atoms with van der Waals surface area (Å²) in [5, 5.41) is 3.50. The lowest BCUT2D eigenvalue weighted by Crippen LogP contribution is -2.45. The van der Waals surface area contributed by atoms with E-state index in [1.807, 2.05) is 18.2 Å². The Balaban J connectivity index is 0.00000243. The lowest BCUT2D eigenvalue weighted by atomic mass is 10.0. The van der Waals surface area contributed by atoms with Crippen LogP contribution in [-0.4, -0.2) is 45.9 Å². The van der Waals surface area contributed by atoms with Gasteiger partial charge in [-0.2, -0.15) is 0 Å². The van der Waals surface area contributed by atoms with Gasteiger partial charge in [-0.15, -0.1) is 12.4 Å². The van der Waals surface area contributed by atoms with E-state index in [9.17, 15) is 0 Å². The summed E-state index contributed by atoms with van der Waals surface area (Å²) >= 11 is 0. The molecular formula is C20H27ClN2O3. The molecule has 1 N–H and O–H groups in total. The zero-order valence-corrected chi connectivity index (χ0v) is 16.3. The predicted molar refractivity (Wildman–Crippen MR) is 106 cm³/mol. The molecule has 2 aromatic carbocycles. The van der Waals surface area contributed by atoms with Gasteiger partial charge in [-0.3, -0.25) is 4.90 Å². The Morgan fingerprint density at radius 3 is 2.42 bits per heavy atom. The molecule has 0 amide bonds. The van der Waals surface area contributed by atoms with Crippen LogP contribution >= 0.6 is 12.4 Å². The van der Waals surface area contributed by atoms with E-state index >= 15 is 0 Å². The third kappa shape index (κ3) is 4.41. The van der Waals surface area contributed by atoms with Gasteiger partial charge in [-0.25, -0.2) is 0 Å². The summed E-state index contributed by atoms with van der Waals surface area (Å²) in [6.45, 7) is 3.73. The number of rotatable bonds is 6. The van der Waals surface area contributed by atoms with Crippen LogP contribution in [0.2, 0.25) is 0 Å². The van der Waals surface area contributed by atoms with Crippen molar-refractivity contribution >= 4 is 12.4 Å². The highest BCUT2D eigenvalue weighted by Crippen LogP contribution is 2.33. The van der Waals surface area contributed by atoms with Crippen LogP contribution in [0.15, 0.2) is 42.5 Å². The van der Waals surface area contributed by atoms with E-state index in [1.54, 1.807) is 21.3 Å². The van der Waals surface area contributed by atoms with Gasteiger partial charge in [-0.1, -0.05) is 24.3 Å². The summed E-state index contributed by atoms with van der Waals surface area (Å²) < 4.78 is 16.3. The lowest BCUT2D eigenvalue weighted by molar-refractivity contribution is 0.151. The van der Waals surface area contributed by atoms with Crippen LogP contribution in [0.1, 0.15) is 17.2 Å². The standard InChI is InChI=1S/C20H26N2O3.ClH/c1-23-18-7-5-4-6-16(18)17-13-21-10-11-22(17)14-15-8-9-19(24-2)20(12-15)25-3;/h4-9,12,17,21H,10-11,13-14H2,1-3H3;1H. The average Bonchev–Trinajstić information content (AvgIpc) is 2.68. The normalized spacial score (nSPS) is 17.3. The minimum atomic E-state index is 0. The van der Waals surface area contributed by atoms with Crippen LogP contribution < -0.4 is 19.5 Å². The molecule has 1 aliphatic rings. The number of halogens is 1. The highest BCUT2D eigenvalue weighted by Gasteiger charge is 2.26. The Morgan fingerprint density at radius 2 is 1.69 bits per heavy atom. The van der Waals surface area contributed by atoms with Gasteiger partial charge in [0.05, 0.1) is 27.4 Å². The molecule has 26 heavy (non-hydrogen) atoms. The second-order valence-electron chi connectivity index (χ2n) is 6.12. The number of methoxy groups -OCH3 is 3. The summed E-state index contributed by atoms with van der Waals surface area (Å²) in [6.07, 6.45) is 0. The molecule has 1 atom stereocenters. The molecule has 0 bridgehead atoms. The largest absolute Gasteiger partial charge is 0.496 e. The van der Waals surface area contributed by atoms with Crippen molar-refractivity contribution in [1.29, 1.82) is 0 Å². The summed E-state index contributed by atoms with van der Waals surface area (Å²) in [5.41, 5.74) is 2.43. The summed E-state index contributed by atoms with van der Waals surface area (Å²) in [6, 6.07) is 14.7. The Bertz CT molecular complexity index is 711. The first kappa shape index (κ1) is 20.4. The average molecular weight is 379 g/mol. The lowest BCUT2D eigenvalue weighted by Gasteiger charge is -2.37. The molecule has 6 heteroatoms. The molecule has 0 radical (unpaired) electrons. The van der Waals surface area contributed by atoms with Crippen LogP contribution in [0.5, 0.6) is 17.2 Å². The molecule has 1 fully saturated rings. The molecule has 0 aromatic heterocycles. The minimum absolute atomic E-state index is 0. The van der Waals surface area contributed by atoms with Crippen molar-refractivity contribution in [3.63, 3.8) is 0 Å². The Kier molecular flexibility index (Phi) is 7.57. The van der Waals surface area contributed by atoms with Gasteiger partial charge in [0.15, 0.2) is 11.5 Å². The number of benzene rings is 2. The second kappa shape index (κ2) is 9.67. The fourth-order valence-electron chi connectivity index (χ4n) is 3.40. The first-order valence-electron chi connectivity index (χ1n) is 8.55. The molecule has 0 spiro atoms. The Morgan fingerprint density at radius 1 is 0.962 bits per heavy atom. The van der Waals surface area contributed by atoms with Gasteiger partial charge in [0.25, 0.3) is 0 Å². The van der Waals surface area contributed by atoms with Gasteiger partial charge in [0.1, 0.15) is 5.75 Å². The maximum atomic E-state index is 5.57. The second-order valence-corrected chi connectivity index (χ2v) is 6.12. The first-order valence-corrected chi connectivity index (χ1v) is 8.55. The van der Waals surface area contributed by atoms with Crippen molar-refractivity contribution in [2.24, 2.45) is 0 Å². The van der Waals surface area contributed by atoms with Gasteiger partial charge in [0.2, 0.25) is 0 Å². The third-order valence-corrected chi connectivity index (χ3v) is 4.69. The van der Waals surface area contributed by atoms with Crippen molar-refractivity contribution in [3.05, 3.63) is 53.6 Å². The summed E-state index contributed by atoms with van der Waals surface area (Å²) in [7, 11) is 5.06. The molecule has 142 valence electrons. The van der Waals surface area contributed by atoms with Crippen LogP contribution in [0.4, 0.5) is 0 Å². The van der Waals surface area contributed by atoms with E-state index in [1.165, 1.54) is 11.1 Å². The Labute approximate surface area is 161 Å². The van der Waals surface area contributed by atoms with Crippen LogP contribution in [-0.2, 0) is 6.54 Å². The van der Waals surface area contributed by atoms with Crippen molar-refractivity contribution in [1.82, 2.24) is 10.2 Å². The van der Waals surface area contributed by atoms with E-state index in [2.05, 4.69) is 34.5 Å². The topological polar surface area (TPSA) is 43.0 Å². The van der Waals surface area contributed by atoms with E-state index < -0.39 is 0 Å². The van der Waals surface area contributed by atoms with Gasteiger partial charge < -0.3 is 19.5 Å². The number of hydrogen-bond acceptors (Lipinski definition) is 5. The number of nitrogens with one attached hydrogen (secondary N) is 1. The van der Waals surface area contributed by atoms with Crippen molar-refractivity contribution in [2.45, 2.75) is 12.6 Å². The number of ether oxygens (including phenoxy) is 3. The van der Waals surface area contributed by atoms with E-state index in [4.69, 9.17) is 14.2 Å². The highest BCUT2D eigenvalue weighted by atomic mass is 35.5. The molecule has 1 aliphatic heterocycles. The molecule has 1 heterocycles. The van der Waals surface area contributed by atoms with Crippen molar-refractivity contribution in [2.75, 3.05) is 41.0 Å². The maximum Gasteiger partial charge on any atom is 0.161 e. The molecular weight excluding hydrogens is 352 g/mol. The third-order valence-electron chi connectivity index (χ3n) is 4.69. The SMILES string of the molecule is COc1ccc(CN2CCNCC2c2ccccc2OC)cc1OC.Cl. The number of piperazine rings is 1. The maximum absolute atomic E-state index is 5.57. The molecule has 2 aromatic rings. The zero-order valence-electron chi connectivity index (χ0n) is 15.5. The predicted octanol–water partition coefficient (Wildman–Crippen LogP) is 3.28. The van der Waals surface area contributed by atoms with Crippen LogP contribution in [0, 0.1) is 0 Å². The Hall–Kier alpha value is -1.95. The van der Waals surface area contributed by atoms with Gasteiger partial charge in [-0.05, 0) is 23.8 Å². The minimum Gasteiger partial charge on any atom is -0.496 e. The smallest absolute Gasteiger partial charge is 0.161 e. The fourth-order valence-corrected chi connectivity index (χ4v) is 3.40. The molecule has 0 saturated carbocycles. The van der Waals surface area contributed by atoms with Crippen LogP contribution in [0.25, 0.3) is 0 Å².